The molecule has 0 spiro atoms. The molecule has 0 saturated carbocycles. The van der Waals surface area contributed by atoms with Crippen LogP contribution in [0.15, 0.2) is 17.3 Å². The van der Waals surface area contributed by atoms with Gasteiger partial charge in [0.1, 0.15) is 4.90 Å². The molecule has 15 heavy (non-hydrogen) atoms. The van der Waals surface area contributed by atoms with Crippen LogP contribution in [-0.4, -0.2) is 24.7 Å². The molecule has 0 fully saturated rings. The number of hydrogen-bond donors (Lipinski definition) is 1. The van der Waals surface area contributed by atoms with Crippen molar-refractivity contribution in [1.82, 2.24) is 14.5 Å². The Bertz CT molecular complexity index is 471. The van der Waals surface area contributed by atoms with Crippen LogP contribution in [0.3, 0.4) is 0 Å². The van der Waals surface area contributed by atoms with Gasteiger partial charge in [0.2, 0.25) is 10.0 Å². The van der Waals surface area contributed by atoms with Crippen LogP contribution < -0.4 is 4.72 Å². The maximum absolute atomic E-state index is 11.6. The van der Waals surface area contributed by atoms with Crippen LogP contribution in [0.4, 0.5) is 0 Å². The van der Waals surface area contributed by atoms with Crippen LogP contribution in [0.5, 0.6) is 0 Å². The molecule has 1 rings (SSSR count). The highest BCUT2D eigenvalue weighted by molar-refractivity contribution is 7.89. The SMILES string of the molecule is CC(C#N)CNS(=O)(=O)c1cnn(C)c1. The summed E-state index contributed by atoms with van der Waals surface area (Å²) in [5.41, 5.74) is 0. The highest BCUT2D eigenvalue weighted by Gasteiger charge is 2.16. The average Bonchev–Trinajstić information content (AvgIpc) is 2.62. The molecule has 7 heteroatoms. The van der Waals surface area contributed by atoms with E-state index in [1.165, 1.54) is 17.1 Å². The highest BCUT2D eigenvalue weighted by atomic mass is 32.2. The third-order valence-corrected chi connectivity index (χ3v) is 3.17. The smallest absolute Gasteiger partial charge is 0.243 e. The molecular formula is C8H12N4O2S. The standard InChI is InChI=1S/C8H12N4O2S/c1-7(3-9)4-11-15(13,14)8-5-10-12(2)6-8/h5-7,11H,4H2,1-2H3. The molecule has 0 amide bonds. The zero-order chi connectivity index (χ0) is 11.5. The van der Waals surface area contributed by atoms with E-state index < -0.39 is 10.0 Å². The van der Waals surface area contributed by atoms with E-state index in [4.69, 9.17) is 5.26 Å². The maximum atomic E-state index is 11.6. The number of aryl methyl sites for hydroxylation is 1. The van der Waals surface area contributed by atoms with Gasteiger partial charge in [0, 0.05) is 19.8 Å². The summed E-state index contributed by atoms with van der Waals surface area (Å²) in [5.74, 6) is -0.351. The maximum Gasteiger partial charge on any atom is 0.243 e. The molecule has 1 heterocycles. The summed E-state index contributed by atoms with van der Waals surface area (Å²) in [5, 5.41) is 12.3. The molecule has 0 aromatic carbocycles. The van der Waals surface area contributed by atoms with E-state index in [2.05, 4.69) is 9.82 Å². The van der Waals surface area contributed by atoms with Crippen molar-refractivity contribution in [2.75, 3.05) is 6.54 Å². The van der Waals surface area contributed by atoms with E-state index in [1.807, 2.05) is 6.07 Å². The fraction of sp³-hybridized carbons (Fsp3) is 0.500. The minimum Gasteiger partial charge on any atom is -0.274 e. The Morgan fingerprint density at radius 3 is 2.87 bits per heavy atom. The van der Waals surface area contributed by atoms with E-state index in [-0.39, 0.29) is 17.4 Å². The van der Waals surface area contributed by atoms with Gasteiger partial charge in [-0.15, -0.1) is 0 Å². The summed E-state index contributed by atoms with van der Waals surface area (Å²) < 4.78 is 26.9. The molecular weight excluding hydrogens is 216 g/mol. The van der Waals surface area contributed by atoms with Gasteiger partial charge in [0.05, 0.1) is 18.2 Å². The van der Waals surface area contributed by atoms with E-state index in [0.29, 0.717) is 0 Å². The van der Waals surface area contributed by atoms with Crippen LogP contribution in [0, 0.1) is 17.2 Å². The lowest BCUT2D eigenvalue weighted by Gasteiger charge is -2.04. The van der Waals surface area contributed by atoms with Gasteiger partial charge in [-0.05, 0) is 6.92 Å². The first-order valence-electron chi connectivity index (χ1n) is 4.33. The van der Waals surface area contributed by atoms with Crippen molar-refractivity contribution >= 4 is 10.0 Å². The molecule has 1 unspecified atom stereocenters. The van der Waals surface area contributed by atoms with Crippen LogP contribution in [0.1, 0.15) is 6.92 Å². The molecule has 0 radical (unpaired) electrons. The zero-order valence-electron chi connectivity index (χ0n) is 8.51. The van der Waals surface area contributed by atoms with Gasteiger partial charge in [-0.3, -0.25) is 4.68 Å². The average molecular weight is 228 g/mol. The zero-order valence-corrected chi connectivity index (χ0v) is 9.32. The van der Waals surface area contributed by atoms with Crippen LogP contribution in [0.2, 0.25) is 0 Å². The first-order chi connectivity index (χ1) is 6.95. The first-order valence-corrected chi connectivity index (χ1v) is 5.82. The Labute approximate surface area is 88.6 Å². The van der Waals surface area contributed by atoms with Gasteiger partial charge in [0.25, 0.3) is 0 Å². The summed E-state index contributed by atoms with van der Waals surface area (Å²) in [6.45, 7) is 1.75. The van der Waals surface area contributed by atoms with Crippen molar-refractivity contribution in [3.63, 3.8) is 0 Å². The summed E-state index contributed by atoms with van der Waals surface area (Å²) in [4.78, 5) is 0.107. The van der Waals surface area contributed by atoms with Gasteiger partial charge in [-0.2, -0.15) is 10.4 Å². The van der Waals surface area contributed by atoms with Crippen molar-refractivity contribution in [3.8, 4) is 6.07 Å². The monoisotopic (exact) mass is 228 g/mol. The summed E-state index contributed by atoms with van der Waals surface area (Å²) in [6.07, 6.45) is 2.67. The number of rotatable bonds is 4. The number of nitrogens with one attached hydrogen (secondary N) is 1. The van der Waals surface area contributed by atoms with E-state index in [9.17, 15) is 8.42 Å². The molecule has 82 valence electrons. The molecule has 1 aromatic heterocycles. The van der Waals surface area contributed by atoms with Crippen molar-refractivity contribution in [2.45, 2.75) is 11.8 Å². The number of nitrogens with zero attached hydrogens (tertiary/aromatic N) is 3. The minimum atomic E-state index is -3.53. The number of nitriles is 1. The first kappa shape index (κ1) is 11.7. The lowest BCUT2D eigenvalue weighted by molar-refractivity contribution is 0.572. The molecule has 0 saturated heterocycles. The number of sulfonamides is 1. The third-order valence-electron chi connectivity index (χ3n) is 1.79. The Balaban J connectivity index is 2.73. The topological polar surface area (TPSA) is 87.8 Å². The Morgan fingerprint density at radius 2 is 2.40 bits per heavy atom. The molecule has 1 N–H and O–H groups in total. The lowest BCUT2D eigenvalue weighted by Crippen LogP contribution is -2.27. The quantitative estimate of drug-likeness (QED) is 0.776. The van der Waals surface area contributed by atoms with Gasteiger partial charge >= 0.3 is 0 Å². The van der Waals surface area contributed by atoms with E-state index in [1.54, 1.807) is 14.0 Å². The molecule has 6 nitrogen and oxygen atoms in total. The third kappa shape index (κ3) is 3.04. The van der Waals surface area contributed by atoms with Gasteiger partial charge in [0.15, 0.2) is 0 Å². The number of aromatic nitrogens is 2. The van der Waals surface area contributed by atoms with E-state index >= 15 is 0 Å². The number of hydrogen-bond acceptors (Lipinski definition) is 4. The second-order valence-corrected chi connectivity index (χ2v) is 5.00. The van der Waals surface area contributed by atoms with Crippen LogP contribution >= 0.6 is 0 Å². The van der Waals surface area contributed by atoms with Crippen molar-refractivity contribution in [1.29, 1.82) is 5.26 Å². The Morgan fingerprint density at radius 1 is 1.73 bits per heavy atom. The molecule has 1 aromatic rings. The van der Waals surface area contributed by atoms with Crippen molar-refractivity contribution < 1.29 is 8.42 Å². The molecule has 0 aliphatic heterocycles. The van der Waals surface area contributed by atoms with Gasteiger partial charge in [-0.1, -0.05) is 0 Å². The fourth-order valence-electron chi connectivity index (χ4n) is 0.901. The molecule has 0 aliphatic rings. The molecule has 0 aliphatic carbocycles. The van der Waals surface area contributed by atoms with E-state index in [0.717, 1.165) is 0 Å². The highest BCUT2D eigenvalue weighted by Crippen LogP contribution is 2.06. The predicted octanol–water partition coefficient (Wildman–Crippen LogP) is -0.142. The Hall–Kier alpha value is -1.39. The second-order valence-electron chi connectivity index (χ2n) is 3.23. The van der Waals surface area contributed by atoms with Crippen molar-refractivity contribution in [2.24, 2.45) is 13.0 Å². The normalized spacial score (nSPS) is 13.4. The minimum absolute atomic E-state index is 0.105. The van der Waals surface area contributed by atoms with Gasteiger partial charge in [-0.25, -0.2) is 13.1 Å². The predicted molar refractivity (Wildman–Crippen MR) is 53.2 cm³/mol. The van der Waals surface area contributed by atoms with Crippen LogP contribution in [-0.2, 0) is 17.1 Å². The van der Waals surface area contributed by atoms with Crippen LogP contribution in [0.25, 0.3) is 0 Å². The lowest BCUT2D eigenvalue weighted by atomic mass is 10.2. The van der Waals surface area contributed by atoms with Gasteiger partial charge < -0.3 is 0 Å². The fourth-order valence-corrected chi connectivity index (χ4v) is 2.01. The Kier molecular flexibility index (Phi) is 3.44. The summed E-state index contributed by atoms with van der Waals surface area (Å²) in [6, 6.07) is 1.95. The molecule has 1 atom stereocenters. The largest absolute Gasteiger partial charge is 0.274 e. The van der Waals surface area contributed by atoms with Crippen molar-refractivity contribution in [3.05, 3.63) is 12.4 Å². The summed E-state index contributed by atoms with van der Waals surface area (Å²) >= 11 is 0. The molecule has 0 bridgehead atoms. The second kappa shape index (κ2) is 4.42. The summed E-state index contributed by atoms with van der Waals surface area (Å²) in [7, 11) is -1.89.